The number of aliphatic hydroxyl groups is 8. The Morgan fingerprint density at radius 1 is 0.481 bits per heavy atom. The van der Waals surface area contributed by atoms with E-state index < -0.39 is 86.8 Å². The Labute approximate surface area is 466 Å². The molecule has 0 radical (unpaired) electrons. The van der Waals surface area contributed by atoms with Crippen molar-refractivity contribution in [3.05, 3.63) is 60.8 Å². The second-order valence-corrected chi connectivity index (χ2v) is 21.8. The Hall–Kier alpha value is -2.31. The van der Waals surface area contributed by atoms with Gasteiger partial charge >= 0.3 is 0 Å². The van der Waals surface area contributed by atoms with Crippen molar-refractivity contribution in [2.75, 3.05) is 19.8 Å². The topological polar surface area (TPSA) is 228 Å². The summed E-state index contributed by atoms with van der Waals surface area (Å²) in [5.41, 5.74) is 0. The summed E-state index contributed by atoms with van der Waals surface area (Å²) in [5, 5.41) is 87.4. The highest BCUT2D eigenvalue weighted by Gasteiger charge is 2.51. The first-order chi connectivity index (χ1) is 37.6. The molecular formula is C63H113NO13. The molecule has 2 aliphatic rings. The van der Waals surface area contributed by atoms with Crippen LogP contribution < -0.4 is 5.32 Å². The van der Waals surface area contributed by atoms with Crippen LogP contribution in [0, 0.1) is 0 Å². The average molecular weight is 1090 g/mol. The minimum absolute atomic E-state index is 0.214. The number of rotatable bonds is 49. The Kier molecular flexibility index (Phi) is 44.5. The van der Waals surface area contributed by atoms with Crippen molar-refractivity contribution < 1.29 is 64.6 Å². The Bertz CT molecular complexity index is 1520. The van der Waals surface area contributed by atoms with Crippen molar-refractivity contribution in [2.45, 2.75) is 312 Å². The highest BCUT2D eigenvalue weighted by atomic mass is 16.7. The molecule has 0 aromatic rings. The summed E-state index contributed by atoms with van der Waals surface area (Å²) >= 11 is 0. The number of amides is 1. The summed E-state index contributed by atoms with van der Waals surface area (Å²) in [5.74, 6) is -0.214. The summed E-state index contributed by atoms with van der Waals surface area (Å²) in [6.45, 7) is 2.76. The molecule has 2 heterocycles. The molecule has 0 saturated carbocycles. The summed E-state index contributed by atoms with van der Waals surface area (Å²) in [6, 6.07) is -0.835. The van der Waals surface area contributed by atoms with E-state index in [2.05, 4.69) is 79.9 Å². The number of nitrogens with one attached hydrogen (secondary N) is 1. The maximum absolute atomic E-state index is 13.3. The van der Waals surface area contributed by atoms with Crippen molar-refractivity contribution in [3.63, 3.8) is 0 Å². The number of aliphatic hydroxyl groups excluding tert-OH is 8. The molecule has 0 aromatic carbocycles. The average Bonchev–Trinajstić information content (AvgIpc) is 3.44. The number of unbranched alkanes of at least 4 members (excludes halogenated alkanes) is 26. The van der Waals surface area contributed by atoms with Crippen LogP contribution in [0.25, 0.3) is 0 Å². The normalized spacial score (nSPS) is 25.1. The fourth-order valence-electron chi connectivity index (χ4n) is 10.0. The van der Waals surface area contributed by atoms with E-state index in [9.17, 15) is 45.6 Å². The molecule has 0 bridgehead atoms. The molecule has 14 nitrogen and oxygen atoms in total. The molecule has 12 atom stereocenters. The molecule has 2 saturated heterocycles. The number of allylic oxidation sites excluding steroid dienone is 10. The minimum Gasteiger partial charge on any atom is -0.394 e. The van der Waals surface area contributed by atoms with E-state index in [-0.39, 0.29) is 12.5 Å². The molecule has 12 unspecified atom stereocenters. The monoisotopic (exact) mass is 1090 g/mol. The van der Waals surface area contributed by atoms with Crippen LogP contribution in [0.2, 0.25) is 0 Å². The van der Waals surface area contributed by atoms with Gasteiger partial charge in [-0.15, -0.1) is 0 Å². The van der Waals surface area contributed by atoms with Gasteiger partial charge in [0.2, 0.25) is 5.91 Å². The van der Waals surface area contributed by atoms with Crippen LogP contribution in [0.1, 0.15) is 239 Å². The van der Waals surface area contributed by atoms with Crippen molar-refractivity contribution in [1.29, 1.82) is 0 Å². The first-order valence-electron chi connectivity index (χ1n) is 31.0. The smallest absolute Gasteiger partial charge is 0.220 e. The second-order valence-electron chi connectivity index (χ2n) is 21.8. The van der Waals surface area contributed by atoms with E-state index in [4.69, 9.17) is 18.9 Å². The van der Waals surface area contributed by atoms with Gasteiger partial charge in [-0.05, 0) is 57.8 Å². The standard InChI is InChI=1S/C63H113NO13/c1-3-5-7-9-11-13-15-17-19-21-23-24-25-26-27-28-29-31-33-35-37-39-41-43-45-47-55(68)64-51(52(67)46-44-42-40-38-36-34-32-30-22-20-18-16-14-12-10-8-6-4-2)50-74-62-60(73)58(71)61(54(49-66)76-62)77-63-59(72)57(70)56(69)53(48-65)75-63/h5,7,11,13,17,19,23-24,26-27,51-54,56-63,65-67,69-73H,3-4,6,8-10,12,14-16,18,20-22,25,28-50H2,1-2H3,(H,64,68)/b7-5-,13-11-,19-17-,24-23-,27-26-. The van der Waals surface area contributed by atoms with E-state index in [1.54, 1.807) is 0 Å². The zero-order chi connectivity index (χ0) is 56.0. The lowest BCUT2D eigenvalue weighted by Crippen LogP contribution is -2.65. The highest BCUT2D eigenvalue weighted by molar-refractivity contribution is 5.76. The zero-order valence-corrected chi connectivity index (χ0v) is 48.2. The molecule has 2 fully saturated rings. The molecule has 9 N–H and O–H groups in total. The Morgan fingerprint density at radius 2 is 0.896 bits per heavy atom. The maximum atomic E-state index is 13.3. The van der Waals surface area contributed by atoms with E-state index >= 15 is 0 Å². The minimum atomic E-state index is -1.78. The SMILES string of the molecule is CC/C=C\C/C=C\C/C=C\C/C=C\C/C=C\CCCCCCCCCCCC(=O)NC(COC1OC(CO)C(OC2OC(CO)C(O)C(O)C2O)C(O)C1O)C(O)CCCCCCCCCCCCCCCCCCCC. The Morgan fingerprint density at radius 3 is 1.38 bits per heavy atom. The van der Waals surface area contributed by atoms with Crippen LogP contribution >= 0.6 is 0 Å². The number of ether oxygens (including phenoxy) is 4. The first-order valence-corrected chi connectivity index (χ1v) is 31.0. The molecule has 0 aliphatic carbocycles. The molecular weight excluding hydrogens is 979 g/mol. The van der Waals surface area contributed by atoms with E-state index in [0.717, 1.165) is 83.5 Å². The zero-order valence-electron chi connectivity index (χ0n) is 48.2. The van der Waals surface area contributed by atoms with Gasteiger partial charge in [0.05, 0.1) is 32.0 Å². The summed E-state index contributed by atoms with van der Waals surface area (Å²) < 4.78 is 22.9. The Balaban J connectivity index is 1.73. The second kappa shape index (κ2) is 48.4. The van der Waals surface area contributed by atoms with Gasteiger partial charge in [-0.1, -0.05) is 235 Å². The number of hydrogen-bond acceptors (Lipinski definition) is 13. The molecule has 2 rings (SSSR count). The molecule has 0 aromatic heterocycles. The van der Waals surface area contributed by atoms with Gasteiger partial charge in [-0.3, -0.25) is 4.79 Å². The molecule has 448 valence electrons. The quantitative estimate of drug-likeness (QED) is 0.0204. The molecule has 14 heteroatoms. The first kappa shape index (κ1) is 70.8. The van der Waals surface area contributed by atoms with Crippen molar-refractivity contribution in [2.24, 2.45) is 0 Å². The van der Waals surface area contributed by atoms with Crippen LogP contribution in [-0.4, -0.2) is 140 Å². The predicted octanol–water partition coefficient (Wildman–Crippen LogP) is 10.9. The molecule has 2 aliphatic heterocycles. The van der Waals surface area contributed by atoms with Gasteiger partial charge in [0.1, 0.15) is 48.8 Å². The summed E-state index contributed by atoms with van der Waals surface area (Å²) in [4.78, 5) is 13.3. The van der Waals surface area contributed by atoms with Crippen LogP contribution in [0.3, 0.4) is 0 Å². The van der Waals surface area contributed by atoms with Crippen LogP contribution in [0.15, 0.2) is 60.8 Å². The highest BCUT2D eigenvalue weighted by Crippen LogP contribution is 2.30. The number of carbonyl (C=O) groups is 1. The maximum Gasteiger partial charge on any atom is 0.220 e. The van der Waals surface area contributed by atoms with Crippen molar-refractivity contribution in [3.8, 4) is 0 Å². The van der Waals surface area contributed by atoms with Gasteiger partial charge in [0.15, 0.2) is 12.6 Å². The van der Waals surface area contributed by atoms with Gasteiger partial charge in [0.25, 0.3) is 0 Å². The third kappa shape index (κ3) is 33.9. The van der Waals surface area contributed by atoms with Gasteiger partial charge in [-0.25, -0.2) is 0 Å². The van der Waals surface area contributed by atoms with Gasteiger partial charge in [0, 0.05) is 6.42 Å². The van der Waals surface area contributed by atoms with Gasteiger partial charge in [-0.2, -0.15) is 0 Å². The van der Waals surface area contributed by atoms with Crippen LogP contribution in [0.5, 0.6) is 0 Å². The number of carbonyl (C=O) groups excluding carboxylic acids is 1. The van der Waals surface area contributed by atoms with E-state index in [1.165, 1.54) is 122 Å². The predicted molar refractivity (Wildman–Crippen MR) is 309 cm³/mol. The van der Waals surface area contributed by atoms with Crippen LogP contribution in [0.4, 0.5) is 0 Å². The third-order valence-corrected chi connectivity index (χ3v) is 15.0. The van der Waals surface area contributed by atoms with E-state index in [1.807, 2.05) is 0 Å². The third-order valence-electron chi connectivity index (χ3n) is 15.0. The lowest BCUT2D eigenvalue weighted by atomic mass is 9.97. The molecule has 0 spiro atoms. The van der Waals surface area contributed by atoms with E-state index in [0.29, 0.717) is 19.3 Å². The fourth-order valence-corrected chi connectivity index (χ4v) is 10.0. The largest absolute Gasteiger partial charge is 0.394 e. The van der Waals surface area contributed by atoms with Gasteiger partial charge < -0.3 is 65.1 Å². The van der Waals surface area contributed by atoms with Crippen molar-refractivity contribution >= 4 is 5.91 Å². The molecule has 1 amide bonds. The summed E-state index contributed by atoms with van der Waals surface area (Å²) in [7, 11) is 0. The lowest BCUT2D eigenvalue weighted by Gasteiger charge is -2.46. The lowest BCUT2D eigenvalue weighted by molar-refractivity contribution is -0.359. The van der Waals surface area contributed by atoms with Crippen LogP contribution in [-0.2, 0) is 23.7 Å². The van der Waals surface area contributed by atoms with Crippen molar-refractivity contribution in [1.82, 2.24) is 5.32 Å². The molecule has 77 heavy (non-hydrogen) atoms. The number of hydrogen-bond donors (Lipinski definition) is 9. The fraction of sp³-hybridized carbons (Fsp3) is 0.825. The summed E-state index contributed by atoms with van der Waals surface area (Å²) in [6.07, 6.45) is 44.9.